The van der Waals surface area contributed by atoms with Crippen molar-refractivity contribution in [2.75, 3.05) is 29.9 Å². The second kappa shape index (κ2) is 10.3. The number of anilines is 3. The average Bonchev–Trinajstić information content (AvgIpc) is 3.25. The third-order valence-electron chi connectivity index (χ3n) is 6.95. The average molecular weight is 515 g/mol. The minimum atomic E-state index is 0. The van der Waals surface area contributed by atoms with Crippen molar-refractivity contribution in [2.45, 2.75) is 26.3 Å². The van der Waals surface area contributed by atoms with Crippen LogP contribution in [0.2, 0.25) is 0 Å². The van der Waals surface area contributed by atoms with Gasteiger partial charge in [-0.15, -0.1) is 12.4 Å². The summed E-state index contributed by atoms with van der Waals surface area (Å²) in [4.78, 5) is 20.7. The summed E-state index contributed by atoms with van der Waals surface area (Å²) >= 11 is 0. The molecule has 5 aromatic rings. The lowest BCUT2D eigenvalue weighted by Crippen LogP contribution is -2.49. The normalized spacial score (nSPS) is 15.6. The van der Waals surface area contributed by atoms with Crippen molar-refractivity contribution in [1.29, 1.82) is 0 Å². The van der Waals surface area contributed by atoms with Gasteiger partial charge in [0.2, 0.25) is 0 Å². The third kappa shape index (κ3) is 5.08. The molecule has 0 bridgehead atoms. The van der Waals surface area contributed by atoms with Crippen LogP contribution in [0.15, 0.2) is 61.2 Å². The number of aromatic nitrogens is 5. The summed E-state index contributed by atoms with van der Waals surface area (Å²) in [7, 11) is 2.02. The van der Waals surface area contributed by atoms with Gasteiger partial charge in [0.25, 0.3) is 0 Å². The summed E-state index contributed by atoms with van der Waals surface area (Å²) in [6, 6.07) is 17.5. The molecule has 3 aromatic heterocycles. The van der Waals surface area contributed by atoms with Crippen molar-refractivity contribution in [3.05, 3.63) is 77.9 Å². The Kier molecular flexibility index (Phi) is 6.95. The van der Waals surface area contributed by atoms with E-state index in [-0.39, 0.29) is 12.4 Å². The Morgan fingerprint density at radius 3 is 2.76 bits per heavy atom. The first-order valence-corrected chi connectivity index (χ1v) is 12.4. The number of pyridine rings is 1. The molecule has 1 atom stereocenters. The van der Waals surface area contributed by atoms with Gasteiger partial charge in [0.15, 0.2) is 5.82 Å². The number of rotatable bonds is 5. The zero-order valence-electron chi connectivity index (χ0n) is 21.3. The van der Waals surface area contributed by atoms with Gasteiger partial charge in [-0.1, -0.05) is 12.1 Å². The molecular weight excluding hydrogens is 484 g/mol. The molecule has 190 valence electrons. The molecule has 0 spiro atoms. The molecule has 1 aliphatic heterocycles. The molecule has 0 saturated carbocycles. The standard InChI is InChI=1S/C28H30N8.ClH/c1-18-12-22(6-5-21(18)13-20-4-8-25-24(14-20)32-17-35(25)3)33-28-27-23(30-16-31-28)7-9-26(34-27)36-11-10-29-19(2)15-36;/h4-9,12,14,16-17,19,29H,10-11,13,15H2,1-3H3,(H,30,31,33);1H. The largest absolute Gasteiger partial charge is 0.354 e. The van der Waals surface area contributed by atoms with Crippen molar-refractivity contribution < 1.29 is 0 Å². The van der Waals surface area contributed by atoms with Gasteiger partial charge >= 0.3 is 0 Å². The number of aryl methyl sites for hydroxylation is 2. The fourth-order valence-electron chi connectivity index (χ4n) is 4.96. The maximum Gasteiger partial charge on any atom is 0.160 e. The van der Waals surface area contributed by atoms with Crippen LogP contribution in [0, 0.1) is 6.92 Å². The monoisotopic (exact) mass is 514 g/mol. The highest BCUT2D eigenvalue weighted by Gasteiger charge is 2.18. The number of nitrogens with zero attached hydrogens (tertiary/aromatic N) is 6. The Balaban J connectivity index is 0.00000280. The summed E-state index contributed by atoms with van der Waals surface area (Å²) in [5, 5.41) is 6.97. The Morgan fingerprint density at radius 1 is 1.03 bits per heavy atom. The molecule has 1 aliphatic rings. The lowest BCUT2D eigenvalue weighted by molar-refractivity contribution is 0.482. The summed E-state index contributed by atoms with van der Waals surface area (Å²) in [5.41, 5.74) is 8.55. The van der Waals surface area contributed by atoms with Crippen LogP contribution >= 0.6 is 12.4 Å². The zero-order valence-corrected chi connectivity index (χ0v) is 22.1. The smallest absolute Gasteiger partial charge is 0.160 e. The molecule has 1 saturated heterocycles. The van der Waals surface area contributed by atoms with Gasteiger partial charge in [-0.2, -0.15) is 0 Å². The van der Waals surface area contributed by atoms with Crippen LogP contribution in [0.3, 0.4) is 0 Å². The second-order valence-corrected chi connectivity index (χ2v) is 9.68. The van der Waals surface area contributed by atoms with E-state index in [1.54, 1.807) is 6.33 Å². The van der Waals surface area contributed by atoms with Crippen molar-refractivity contribution in [3.63, 3.8) is 0 Å². The molecule has 37 heavy (non-hydrogen) atoms. The van der Waals surface area contributed by atoms with Crippen LogP contribution in [-0.4, -0.2) is 50.2 Å². The SMILES string of the molecule is Cc1cc(Nc2ncnc3ccc(N4CCNC(C)C4)nc23)ccc1Cc1ccc2c(c1)ncn2C.Cl. The first-order valence-electron chi connectivity index (χ1n) is 12.4. The molecule has 0 amide bonds. The quantitative estimate of drug-likeness (QED) is 0.349. The fourth-order valence-corrected chi connectivity index (χ4v) is 4.96. The molecular formula is C28H31ClN8. The van der Waals surface area contributed by atoms with E-state index in [2.05, 4.69) is 86.8 Å². The first kappa shape index (κ1) is 24.9. The molecule has 1 fully saturated rings. The highest BCUT2D eigenvalue weighted by Crippen LogP contribution is 2.27. The van der Waals surface area contributed by atoms with Crippen molar-refractivity contribution in [2.24, 2.45) is 7.05 Å². The molecule has 6 rings (SSSR count). The van der Waals surface area contributed by atoms with Gasteiger partial charge in [-0.05, 0) is 73.4 Å². The number of fused-ring (bicyclic) bond motifs is 2. The Labute approximate surface area is 222 Å². The Morgan fingerprint density at radius 2 is 1.92 bits per heavy atom. The first-order chi connectivity index (χ1) is 17.5. The summed E-state index contributed by atoms with van der Waals surface area (Å²) in [5.74, 6) is 1.68. The highest BCUT2D eigenvalue weighted by molar-refractivity contribution is 5.88. The zero-order chi connectivity index (χ0) is 24.6. The van der Waals surface area contributed by atoms with Gasteiger partial charge in [0, 0.05) is 38.4 Å². The van der Waals surface area contributed by atoms with Gasteiger partial charge in [0.05, 0.1) is 22.9 Å². The highest BCUT2D eigenvalue weighted by atomic mass is 35.5. The maximum atomic E-state index is 4.95. The van der Waals surface area contributed by atoms with Crippen LogP contribution in [-0.2, 0) is 13.5 Å². The maximum absolute atomic E-state index is 4.95. The van der Waals surface area contributed by atoms with E-state index in [9.17, 15) is 0 Å². The summed E-state index contributed by atoms with van der Waals surface area (Å²) in [6.07, 6.45) is 4.32. The van der Waals surface area contributed by atoms with E-state index in [0.717, 1.165) is 65.4 Å². The minimum absolute atomic E-state index is 0. The van der Waals surface area contributed by atoms with Gasteiger partial charge < -0.3 is 20.1 Å². The number of hydrogen-bond donors (Lipinski definition) is 2. The predicted octanol–water partition coefficient (Wildman–Crippen LogP) is 4.77. The van der Waals surface area contributed by atoms with Gasteiger partial charge in [-0.25, -0.2) is 19.9 Å². The Hall–Kier alpha value is -3.75. The number of benzene rings is 2. The van der Waals surface area contributed by atoms with Gasteiger partial charge in [-0.3, -0.25) is 0 Å². The molecule has 1 unspecified atom stereocenters. The molecule has 9 heteroatoms. The lowest BCUT2D eigenvalue weighted by atomic mass is 9.99. The number of imidazole rings is 1. The lowest BCUT2D eigenvalue weighted by Gasteiger charge is -2.32. The molecule has 0 radical (unpaired) electrons. The van der Waals surface area contributed by atoms with Crippen LogP contribution in [0.5, 0.6) is 0 Å². The Bertz CT molecular complexity index is 1560. The van der Waals surface area contributed by atoms with E-state index < -0.39 is 0 Å². The number of halogens is 1. The van der Waals surface area contributed by atoms with Crippen LogP contribution in [0.4, 0.5) is 17.3 Å². The topological polar surface area (TPSA) is 83.8 Å². The number of piperazine rings is 1. The second-order valence-electron chi connectivity index (χ2n) is 9.68. The van der Waals surface area contributed by atoms with Crippen LogP contribution in [0.25, 0.3) is 22.1 Å². The van der Waals surface area contributed by atoms with Crippen LogP contribution < -0.4 is 15.5 Å². The number of nitrogens with one attached hydrogen (secondary N) is 2. The van der Waals surface area contributed by atoms with E-state index in [4.69, 9.17) is 4.98 Å². The third-order valence-corrected chi connectivity index (χ3v) is 6.95. The van der Waals surface area contributed by atoms with E-state index in [1.807, 2.05) is 24.0 Å². The van der Waals surface area contributed by atoms with E-state index in [0.29, 0.717) is 6.04 Å². The van der Waals surface area contributed by atoms with Crippen molar-refractivity contribution >= 4 is 51.8 Å². The van der Waals surface area contributed by atoms with E-state index >= 15 is 0 Å². The van der Waals surface area contributed by atoms with Crippen molar-refractivity contribution in [1.82, 2.24) is 29.8 Å². The summed E-state index contributed by atoms with van der Waals surface area (Å²) < 4.78 is 2.05. The molecule has 8 nitrogen and oxygen atoms in total. The fraction of sp³-hybridized carbons (Fsp3) is 0.286. The van der Waals surface area contributed by atoms with Crippen molar-refractivity contribution in [3.8, 4) is 0 Å². The predicted molar refractivity (Wildman–Crippen MR) is 152 cm³/mol. The van der Waals surface area contributed by atoms with Gasteiger partial charge in [0.1, 0.15) is 17.7 Å². The minimum Gasteiger partial charge on any atom is -0.354 e. The molecule has 2 N–H and O–H groups in total. The molecule has 4 heterocycles. The van der Waals surface area contributed by atoms with E-state index in [1.165, 1.54) is 16.7 Å². The van der Waals surface area contributed by atoms with Crippen LogP contribution in [0.1, 0.15) is 23.6 Å². The summed E-state index contributed by atoms with van der Waals surface area (Å²) in [6.45, 7) is 7.18. The number of hydrogen-bond acceptors (Lipinski definition) is 7. The molecule has 0 aliphatic carbocycles. The molecule has 2 aromatic carbocycles.